The maximum Gasteiger partial charge on any atom is 0.250 e. The Hall–Kier alpha value is -3.68. The molecular formula is C24H28N6O2. The van der Waals surface area contributed by atoms with Gasteiger partial charge in [-0.25, -0.2) is 9.97 Å². The number of aryl methyl sites for hydroxylation is 2. The SMILES string of the molecule is CC[C@H](C)C(=O)Nc1nc2c([nH]1)CCc1[nH]c(NC(=O)/C=C/c3ccccc3)nc1C2C. The zero-order chi connectivity index (χ0) is 22.7. The van der Waals surface area contributed by atoms with E-state index < -0.39 is 0 Å². The lowest BCUT2D eigenvalue weighted by Gasteiger charge is -2.08. The molecule has 0 aliphatic heterocycles. The van der Waals surface area contributed by atoms with Crippen LogP contribution >= 0.6 is 0 Å². The molecule has 2 amide bonds. The summed E-state index contributed by atoms with van der Waals surface area (Å²) in [6, 6.07) is 9.64. The lowest BCUT2D eigenvalue weighted by molar-refractivity contribution is -0.119. The van der Waals surface area contributed by atoms with Gasteiger partial charge in [-0.3, -0.25) is 20.2 Å². The van der Waals surface area contributed by atoms with Gasteiger partial charge in [0.15, 0.2) is 0 Å². The fraction of sp³-hybridized carbons (Fsp3) is 0.333. The third-order valence-electron chi connectivity index (χ3n) is 5.84. The standard InChI is InChI=1S/C24H28N6O2/c1-4-14(2)22(32)30-24-26-18-12-11-17-20(15(3)21(18)29-24)28-23(25-17)27-19(31)13-10-16-8-6-5-7-9-16/h5-10,13-15H,4,11-12H2,1-3H3,(H2,25,27,28,31)(H2,26,29,30,32)/b13-10+/t14-,15?/m0/s1. The molecule has 32 heavy (non-hydrogen) atoms. The van der Waals surface area contributed by atoms with E-state index in [0.29, 0.717) is 11.9 Å². The predicted octanol–water partition coefficient (Wildman–Crippen LogP) is 4.02. The monoisotopic (exact) mass is 432 g/mol. The molecule has 2 heterocycles. The summed E-state index contributed by atoms with van der Waals surface area (Å²) in [5.41, 5.74) is 4.67. The summed E-state index contributed by atoms with van der Waals surface area (Å²) in [6.07, 6.45) is 5.49. The minimum absolute atomic E-state index is 0.0434. The number of nitrogens with zero attached hydrogens (tertiary/aromatic N) is 2. The summed E-state index contributed by atoms with van der Waals surface area (Å²) in [5, 5.41) is 5.68. The summed E-state index contributed by atoms with van der Waals surface area (Å²) in [6.45, 7) is 5.91. The van der Waals surface area contributed by atoms with Crippen LogP contribution < -0.4 is 10.6 Å². The van der Waals surface area contributed by atoms with Crippen molar-refractivity contribution < 1.29 is 9.59 Å². The highest BCUT2D eigenvalue weighted by atomic mass is 16.2. The Balaban J connectivity index is 1.47. The Kier molecular flexibility index (Phi) is 6.20. The van der Waals surface area contributed by atoms with Gasteiger partial charge < -0.3 is 9.97 Å². The minimum atomic E-state index is -0.249. The van der Waals surface area contributed by atoms with Gasteiger partial charge in [-0.1, -0.05) is 51.1 Å². The van der Waals surface area contributed by atoms with Crippen LogP contribution in [-0.2, 0) is 22.4 Å². The van der Waals surface area contributed by atoms with Crippen molar-refractivity contribution in [3.8, 4) is 0 Å². The van der Waals surface area contributed by atoms with Crippen LogP contribution in [0, 0.1) is 5.92 Å². The molecule has 8 heteroatoms. The lowest BCUT2D eigenvalue weighted by Crippen LogP contribution is -2.20. The summed E-state index contributed by atoms with van der Waals surface area (Å²) < 4.78 is 0. The molecule has 0 radical (unpaired) electrons. The van der Waals surface area contributed by atoms with Crippen LogP contribution in [0.15, 0.2) is 36.4 Å². The van der Waals surface area contributed by atoms with Crippen molar-refractivity contribution in [2.75, 3.05) is 10.6 Å². The van der Waals surface area contributed by atoms with Crippen LogP contribution in [0.5, 0.6) is 0 Å². The number of benzene rings is 1. The number of nitrogens with one attached hydrogen (secondary N) is 4. The molecule has 0 saturated heterocycles. The molecule has 2 atom stereocenters. The van der Waals surface area contributed by atoms with Crippen LogP contribution in [0.1, 0.15) is 61.4 Å². The number of carbonyl (C=O) groups is 2. The molecule has 0 spiro atoms. The number of hydrogen-bond donors (Lipinski definition) is 4. The van der Waals surface area contributed by atoms with E-state index in [-0.39, 0.29) is 23.7 Å². The van der Waals surface area contributed by atoms with Gasteiger partial charge in [-0.05, 0) is 30.9 Å². The molecule has 4 rings (SSSR count). The number of aromatic nitrogens is 4. The second-order valence-electron chi connectivity index (χ2n) is 8.15. The van der Waals surface area contributed by atoms with E-state index >= 15 is 0 Å². The van der Waals surface area contributed by atoms with Gasteiger partial charge in [0, 0.05) is 29.3 Å². The second kappa shape index (κ2) is 9.21. The number of imidazole rings is 2. The van der Waals surface area contributed by atoms with Gasteiger partial charge >= 0.3 is 0 Å². The highest BCUT2D eigenvalue weighted by molar-refractivity contribution is 6.01. The number of fused-ring (bicyclic) bond motifs is 2. The first kappa shape index (κ1) is 21.5. The van der Waals surface area contributed by atoms with Crippen LogP contribution in [0.2, 0.25) is 0 Å². The van der Waals surface area contributed by atoms with E-state index in [1.807, 2.05) is 51.1 Å². The van der Waals surface area contributed by atoms with E-state index in [0.717, 1.165) is 47.6 Å². The first-order valence-corrected chi connectivity index (χ1v) is 11.0. The normalized spacial score (nSPS) is 16.2. The quantitative estimate of drug-likeness (QED) is 0.440. The number of rotatable bonds is 6. The van der Waals surface area contributed by atoms with Crippen molar-refractivity contribution in [3.05, 3.63) is 64.7 Å². The van der Waals surface area contributed by atoms with Crippen molar-refractivity contribution >= 4 is 29.8 Å². The summed E-state index contributed by atoms with van der Waals surface area (Å²) in [5.74, 6) is 0.464. The zero-order valence-corrected chi connectivity index (χ0v) is 18.5. The topological polar surface area (TPSA) is 116 Å². The zero-order valence-electron chi connectivity index (χ0n) is 18.5. The fourth-order valence-electron chi connectivity index (χ4n) is 3.76. The maximum atomic E-state index is 12.3. The highest BCUT2D eigenvalue weighted by Crippen LogP contribution is 2.33. The van der Waals surface area contributed by atoms with Gasteiger partial charge in [0.2, 0.25) is 17.8 Å². The summed E-state index contributed by atoms with van der Waals surface area (Å²) in [7, 11) is 0. The van der Waals surface area contributed by atoms with Crippen LogP contribution in [0.25, 0.3) is 6.08 Å². The summed E-state index contributed by atoms with van der Waals surface area (Å²) in [4.78, 5) is 40.3. The predicted molar refractivity (Wildman–Crippen MR) is 124 cm³/mol. The van der Waals surface area contributed by atoms with Crippen LogP contribution in [0.3, 0.4) is 0 Å². The van der Waals surface area contributed by atoms with Crippen molar-refractivity contribution in [1.29, 1.82) is 0 Å². The molecule has 1 aliphatic rings. The van der Waals surface area contributed by atoms with E-state index in [9.17, 15) is 9.59 Å². The smallest absolute Gasteiger partial charge is 0.250 e. The maximum absolute atomic E-state index is 12.3. The van der Waals surface area contributed by atoms with Gasteiger partial charge in [0.1, 0.15) is 0 Å². The van der Waals surface area contributed by atoms with Crippen molar-refractivity contribution in [2.45, 2.75) is 46.0 Å². The Morgan fingerprint density at radius 2 is 1.66 bits per heavy atom. The fourth-order valence-corrected chi connectivity index (χ4v) is 3.76. The van der Waals surface area contributed by atoms with Gasteiger partial charge in [-0.2, -0.15) is 0 Å². The molecule has 1 unspecified atom stereocenters. The molecule has 1 aliphatic carbocycles. The third kappa shape index (κ3) is 4.64. The first-order chi connectivity index (χ1) is 15.4. The number of aromatic amines is 2. The van der Waals surface area contributed by atoms with Crippen LogP contribution in [0.4, 0.5) is 11.9 Å². The molecule has 4 N–H and O–H groups in total. The Morgan fingerprint density at radius 3 is 2.25 bits per heavy atom. The van der Waals surface area contributed by atoms with Gasteiger partial charge in [0.25, 0.3) is 5.91 Å². The number of H-pyrrole nitrogens is 2. The number of amides is 2. The molecule has 8 nitrogen and oxygen atoms in total. The number of anilines is 2. The molecular weight excluding hydrogens is 404 g/mol. The third-order valence-corrected chi connectivity index (χ3v) is 5.84. The Labute approximate surface area is 187 Å². The molecule has 166 valence electrons. The summed E-state index contributed by atoms with van der Waals surface area (Å²) >= 11 is 0. The molecule has 3 aromatic rings. The van der Waals surface area contributed by atoms with Gasteiger partial charge in [-0.15, -0.1) is 0 Å². The highest BCUT2D eigenvalue weighted by Gasteiger charge is 2.28. The van der Waals surface area contributed by atoms with Crippen LogP contribution in [-0.4, -0.2) is 31.8 Å². The van der Waals surface area contributed by atoms with E-state index in [1.165, 1.54) is 6.08 Å². The average Bonchev–Trinajstić information content (AvgIpc) is 3.36. The second-order valence-corrected chi connectivity index (χ2v) is 8.15. The average molecular weight is 433 g/mol. The molecule has 0 fully saturated rings. The number of hydrogen-bond acceptors (Lipinski definition) is 4. The molecule has 0 saturated carbocycles. The van der Waals surface area contributed by atoms with Crippen molar-refractivity contribution in [3.63, 3.8) is 0 Å². The van der Waals surface area contributed by atoms with E-state index in [2.05, 4.69) is 30.6 Å². The lowest BCUT2D eigenvalue weighted by atomic mass is 10.0. The Bertz CT molecular complexity index is 1140. The van der Waals surface area contributed by atoms with E-state index in [1.54, 1.807) is 6.08 Å². The Morgan fingerprint density at radius 1 is 1.06 bits per heavy atom. The number of carbonyl (C=O) groups excluding carboxylic acids is 2. The van der Waals surface area contributed by atoms with E-state index in [4.69, 9.17) is 0 Å². The molecule has 0 bridgehead atoms. The van der Waals surface area contributed by atoms with Gasteiger partial charge in [0.05, 0.1) is 11.4 Å². The minimum Gasteiger partial charge on any atom is -0.328 e. The first-order valence-electron chi connectivity index (χ1n) is 11.0. The van der Waals surface area contributed by atoms with Crippen molar-refractivity contribution in [2.24, 2.45) is 5.92 Å². The van der Waals surface area contributed by atoms with Crippen molar-refractivity contribution in [1.82, 2.24) is 19.9 Å². The largest absolute Gasteiger partial charge is 0.328 e. The molecule has 2 aromatic heterocycles. The molecule has 1 aromatic carbocycles.